The van der Waals surface area contributed by atoms with Gasteiger partial charge < -0.3 is 0 Å². The van der Waals surface area contributed by atoms with Crippen LogP contribution in [0.1, 0.15) is 33.3 Å². The van der Waals surface area contributed by atoms with Crippen molar-refractivity contribution in [2.75, 3.05) is 0 Å². The van der Waals surface area contributed by atoms with Gasteiger partial charge in [-0.2, -0.15) is 0 Å². The normalized spacial score (nSPS) is 17.3. The summed E-state index contributed by atoms with van der Waals surface area (Å²) in [6.45, 7) is 6.64. The fourth-order valence-electron chi connectivity index (χ4n) is 2.41. The van der Waals surface area contributed by atoms with Crippen LogP contribution >= 0.6 is 0 Å². The third kappa shape index (κ3) is 4.22. The molecule has 0 fully saturated rings. The first-order valence-electron chi connectivity index (χ1n) is 8.18. The summed E-state index contributed by atoms with van der Waals surface area (Å²) in [5.41, 5.74) is -3.61. The second-order valence-corrected chi connectivity index (χ2v) is 11.2. The SMILES string of the molecule is CC(C)(C)S(=O)N[C@](C)(c1ccccc1)[C@@H](F)S(=O)(=O)c1ccccc1. The first-order chi connectivity index (χ1) is 12.0. The van der Waals surface area contributed by atoms with E-state index in [-0.39, 0.29) is 4.90 Å². The third-order valence-corrected chi connectivity index (χ3v) is 7.70. The Labute approximate surface area is 157 Å². The van der Waals surface area contributed by atoms with Crippen molar-refractivity contribution < 1.29 is 17.0 Å². The van der Waals surface area contributed by atoms with Crippen molar-refractivity contribution in [3.63, 3.8) is 0 Å². The highest BCUT2D eigenvalue weighted by molar-refractivity contribution is 7.92. The molecule has 0 spiro atoms. The zero-order valence-electron chi connectivity index (χ0n) is 15.3. The van der Waals surface area contributed by atoms with E-state index in [1.165, 1.54) is 19.1 Å². The van der Waals surface area contributed by atoms with Crippen molar-refractivity contribution in [2.45, 2.75) is 48.4 Å². The molecule has 142 valence electrons. The summed E-state index contributed by atoms with van der Waals surface area (Å²) >= 11 is 0. The van der Waals surface area contributed by atoms with Gasteiger partial charge in [0.25, 0.3) is 0 Å². The average molecular weight is 398 g/mol. The molecule has 2 aromatic carbocycles. The first-order valence-corrected chi connectivity index (χ1v) is 10.9. The van der Waals surface area contributed by atoms with E-state index in [9.17, 15) is 12.6 Å². The molecular weight excluding hydrogens is 373 g/mol. The highest BCUT2D eigenvalue weighted by Crippen LogP contribution is 2.35. The lowest BCUT2D eigenvalue weighted by molar-refractivity contribution is 0.261. The van der Waals surface area contributed by atoms with Crippen molar-refractivity contribution in [1.82, 2.24) is 4.72 Å². The van der Waals surface area contributed by atoms with Gasteiger partial charge in [0.15, 0.2) is 0 Å². The molecule has 2 aromatic rings. The molecule has 0 amide bonds. The molecule has 0 aliphatic rings. The van der Waals surface area contributed by atoms with E-state index in [0.29, 0.717) is 5.56 Å². The van der Waals surface area contributed by atoms with E-state index >= 15 is 4.39 Å². The molecule has 0 aliphatic heterocycles. The molecule has 2 rings (SSSR count). The molecule has 0 radical (unpaired) electrons. The van der Waals surface area contributed by atoms with E-state index in [0.717, 1.165) is 0 Å². The van der Waals surface area contributed by atoms with Crippen LogP contribution in [0.3, 0.4) is 0 Å². The Morgan fingerprint density at radius 3 is 1.85 bits per heavy atom. The highest BCUT2D eigenvalue weighted by Gasteiger charge is 2.47. The van der Waals surface area contributed by atoms with Gasteiger partial charge in [-0.15, -0.1) is 0 Å². The van der Waals surface area contributed by atoms with Crippen LogP contribution < -0.4 is 4.72 Å². The van der Waals surface area contributed by atoms with Crippen LogP contribution in [0.25, 0.3) is 0 Å². The van der Waals surface area contributed by atoms with Crippen LogP contribution in [0.4, 0.5) is 4.39 Å². The molecule has 0 saturated carbocycles. The molecule has 0 aliphatic carbocycles. The lowest BCUT2D eigenvalue weighted by Gasteiger charge is -2.36. The van der Waals surface area contributed by atoms with Gasteiger partial charge in [0, 0.05) is 0 Å². The molecule has 7 heteroatoms. The van der Waals surface area contributed by atoms with Crippen LogP contribution in [-0.4, -0.2) is 22.9 Å². The molecule has 3 atom stereocenters. The van der Waals surface area contributed by atoms with Crippen LogP contribution in [0.2, 0.25) is 0 Å². The molecule has 1 N–H and O–H groups in total. The summed E-state index contributed by atoms with van der Waals surface area (Å²) in [5, 5.41) is 0. The molecular formula is C19H24FNO3S2. The smallest absolute Gasteiger partial charge is 0.227 e. The standard InChI is InChI=1S/C19H24FNO3S2/c1-18(2,3)25(22)21-19(4,15-11-7-5-8-12-15)17(20)26(23,24)16-13-9-6-10-14-16/h5-14,17,21H,1-4H3/t17-,19+,25?/m0/s1. The molecule has 0 bridgehead atoms. The van der Waals surface area contributed by atoms with Crippen molar-refractivity contribution in [2.24, 2.45) is 0 Å². The van der Waals surface area contributed by atoms with Gasteiger partial charge in [-0.1, -0.05) is 48.5 Å². The summed E-state index contributed by atoms with van der Waals surface area (Å²) in [4.78, 5) is -0.113. The zero-order valence-corrected chi connectivity index (χ0v) is 16.9. The van der Waals surface area contributed by atoms with Crippen LogP contribution in [0.5, 0.6) is 0 Å². The molecule has 4 nitrogen and oxygen atoms in total. The predicted molar refractivity (Wildman–Crippen MR) is 103 cm³/mol. The molecule has 1 unspecified atom stereocenters. The number of alkyl halides is 1. The van der Waals surface area contributed by atoms with Crippen molar-refractivity contribution in [3.05, 3.63) is 66.2 Å². The summed E-state index contributed by atoms with van der Waals surface area (Å²) < 4.78 is 56.0. The quantitative estimate of drug-likeness (QED) is 0.808. The van der Waals surface area contributed by atoms with Crippen molar-refractivity contribution in [3.8, 4) is 0 Å². The fraction of sp³-hybridized carbons (Fsp3) is 0.368. The van der Waals surface area contributed by atoms with Gasteiger partial charge in [0.2, 0.25) is 15.3 Å². The van der Waals surface area contributed by atoms with Crippen LogP contribution in [0, 0.1) is 0 Å². The van der Waals surface area contributed by atoms with Gasteiger partial charge in [-0.25, -0.2) is 21.7 Å². The van der Waals surface area contributed by atoms with Crippen LogP contribution in [-0.2, 0) is 26.4 Å². The van der Waals surface area contributed by atoms with Crippen molar-refractivity contribution >= 4 is 20.8 Å². The number of hydrogen-bond acceptors (Lipinski definition) is 3. The predicted octanol–water partition coefficient (Wildman–Crippen LogP) is 3.72. The minimum atomic E-state index is -4.30. The molecule has 26 heavy (non-hydrogen) atoms. The number of rotatable bonds is 6. The Kier molecular flexibility index (Phi) is 6.05. The summed E-state index contributed by atoms with van der Waals surface area (Å²) in [6, 6.07) is 15.8. The van der Waals surface area contributed by atoms with Gasteiger partial charge in [0.1, 0.15) is 0 Å². The maximum atomic E-state index is 15.6. The Hall–Kier alpha value is -1.57. The van der Waals surface area contributed by atoms with E-state index in [2.05, 4.69) is 4.72 Å². The number of halogens is 1. The highest BCUT2D eigenvalue weighted by atomic mass is 32.2. The maximum Gasteiger partial charge on any atom is 0.227 e. The zero-order chi connectivity index (χ0) is 19.6. The van der Waals surface area contributed by atoms with Crippen LogP contribution in [0.15, 0.2) is 65.6 Å². The lowest BCUT2D eigenvalue weighted by atomic mass is 9.94. The number of hydrogen-bond donors (Lipinski definition) is 1. The number of nitrogens with one attached hydrogen (secondary N) is 1. The largest absolute Gasteiger partial charge is 0.242 e. The minimum absolute atomic E-state index is 0.113. The summed E-state index contributed by atoms with van der Waals surface area (Å²) in [5.74, 6) is 0. The van der Waals surface area contributed by atoms with Gasteiger partial charge in [-0.05, 0) is 45.4 Å². The topological polar surface area (TPSA) is 63.2 Å². The Bertz CT molecular complexity index is 865. The Morgan fingerprint density at radius 1 is 0.923 bits per heavy atom. The maximum absolute atomic E-state index is 15.6. The fourth-order valence-corrected chi connectivity index (χ4v) is 4.98. The van der Waals surface area contributed by atoms with E-state index < -0.39 is 36.6 Å². The summed E-state index contributed by atoms with van der Waals surface area (Å²) in [6.07, 6.45) is 0. The second-order valence-electron chi connectivity index (χ2n) is 7.23. The Morgan fingerprint density at radius 2 is 1.38 bits per heavy atom. The number of benzene rings is 2. The van der Waals surface area contributed by atoms with Crippen molar-refractivity contribution in [1.29, 1.82) is 0 Å². The molecule has 0 aromatic heterocycles. The minimum Gasteiger partial charge on any atom is -0.242 e. The van der Waals surface area contributed by atoms with E-state index in [1.54, 1.807) is 69.3 Å². The summed E-state index contributed by atoms with van der Waals surface area (Å²) in [7, 11) is -5.97. The average Bonchev–Trinajstić information content (AvgIpc) is 2.61. The monoisotopic (exact) mass is 397 g/mol. The van der Waals surface area contributed by atoms with E-state index in [1.807, 2.05) is 0 Å². The van der Waals surface area contributed by atoms with Gasteiger partial charge in [0.05, 0.1) is 26.2 Å². The Balaban J connectivity index is 2.56. The van der Waals surface area contributed by atoms with Gasteiger partial charge >= 0.3 is 0 Å². The number of sulfone groups is 1. The van der Waals surface area contributed by atoms with Gasteiger partial charge in [-0.3, -0.25) is 0 Å². The first kappa shape index (κ1) is 20.7. The second kappa shape index (κ2) is 7.58. The molecule has 0 saturated heterocycles. The molecule has 0 heterocycles. The third-order valence-electron chi connectivity index (χ3n) is 4.03. The lowest BCUT2D eigenvalue weighted by Crippen LogP contribution is -2.54. The van der Waals surface area contributed by atoms with E-state index in [4.69, 9.17) is 0 Å².